The molecule has 0 spiro atoms. The van der Waals surface area contributed by atoms with E-state index in [9.17, 15) is 0 Å². The van der Waals surface area contributed by atoms with Gasteiger partial charge in [0, 0.05) is 24.9 Å². The maximum absolute atomic E-state index is 6.43. The first kappa shape index (κ1) is 34.8. The van der Waals surface area contributed by atoms with E-state index in [2.05, 4.69) is 75.3 Å². The van der Waals surface area contributed by atoms with Crippen LogP contribution in [0.5, 0.6) is 0 Å². The summed E-state index contributed by atoms with van der Waals surface area (Å²) in [5.41, 5.74) is 17.5. The zero-order valence-corrected chi connectivity index (χ0v) is 28.0. The molecule has 6 N–H and O–H groups in total. The van der Waals surface area contributed by atoms with Gasteiger partial charge in [-0.2, -0.15) is 0 Å². The van der Waals surface area contributed by atoms with E-state index < -0.39 is 0 Å². The van der Waals surface area contributed by atoms with Crippen molar-refractivity contribution in [3.8, 4) is 0 Å². The average Bonchev–Trinajstić information content (AvgIpc) is 3.42. The predicted octanol–water partition coefficient (Wildman–Crippen LogP) is 6.25. The number of anilines is 1. The summed E-state index contributed by atoms with van der Waals surface area (Å²) in [7, 11) is 0. The standard InChI is InChI=1S/C37H58N8/c1-3-5-10-22-40-24-12-26-44(27-13-25-41-23-11-9-21-38)28-30-17-19-31(20-18-30)29-45-34(16-6-4-2)43-35-36(45)32-14-7-8-15-33(32)42-37(35)39/h7-8,14-15,17-20,40-41H,3-6,9-13,16,21-29,38H2,1-2H3,(H2,39,42). The van der Waals surface area contributed by atoms with Crippen molar-refractivity contribution in [3.63, 3.8) is 0 Å². The summed E-state index contributed by atoms with van der Waals surface area (Å²) in [4.78, 5) is 12.3. The van der Waals surface area contributed by atoms with Crippen LogP contribution in [0.4, 0.5) is 5.82 Å². The fourth-order valence-corrected chi connectivity index (χ4v) is 6.06. The summed E-state index contributed by atoms with van der Waals surface area (Å²) < 4.78 is 2.38. The van der Waals surface area contributed by atoms with Crippen molar-refractivity contribution in [2.75, 3.05) is 51.5 Å². The van der Waals surface area contributed by atoms with Crippen LogP contribution in [0, 0.1) is 0 Å². The number of nitrogens with two attached hydrogens (primary N) is 2. The molecule has 0 unspecified atom stereocenters. The molecule has 0 aliphatic heterocycles. The first-order chi connectivity index (χ1) is 22.1. The molecule has 8 nitrogen and oxygen atoms in total. The highest BCUT2D eigenvalue weighted by Crippen LogP contribution is 2.30. The number of nitrogens with zero attached hydrogens (tertiary/aromatic N) is 4. The van der Waals surface area contributed by atoms with E-state index in [1.165, 1.54) is 36.8 Å². The summed E-state index contributed by atoms with van der Waals surface area (Å²) in [6.07, 6.45) is 11.6. The molecule has 0 atom stereocenters. The van der Waals surface area contributed by atoms with E-state index in [1.54, 1.807) is 0 Å². The molecule has 4 aromatic rings. The Morgan fingerprint density at radius 2 is 1.38 bits per heavy atom. The zero-order chi connectivity index (χ0) is 31.7. The molecule has 246 valence electrons. The highest BCUT2D eigenvalue weighted by Gasteiger charge is 2.17. The van der Waals surface area contributed by atoms with E-state index in [1.807, 2.05) is 12.1 Å². The molecule has 2 aromatic heterocycles. The van der Waals surface area contributed by atoms with Crippen LogP contribution in [0.1, 0.15) is 88.6 Å². The lowest BCUT2D eigenvalue weighted by atomic mass is 10.1. The fraction of sp³-hybridized carbons (Fsp3) is 0.568. The molecule has 2 heterocycles. The second kappa shape index (κ2) is 19.5. The number of para-hydroxylation sites is 1. The molecule has 0 bridgehead atoms. The van der Waals surface area contributed by atoms with Crippen LogP contribution in [0.2, 0.25) is 0 Å². The molecule has 0 radical (unpaired) electrons. The Labute approximate surface area is 271 Å². The number of hydrogen-bond acceptors (Lipinski definition) is 7. The molecule has 4 rings (SSSR count). The van der Waals surface area contributed by atoms with Crippen molar-refractivity contribution in [3.05, 3.63) is 65.5 Å². The number of imidazole rings is 1. The number of hydrogen-bond donors (Lipinski definition) is 4. The van der Waals surface area contributed by atoms with Gasteiger partial charge in [-0.1, -0.05) is 75.6 Å². The van der Waals surface area contributed by atoms with Gasteiger partial charge < -0.3 is 26.7 Å². The van der Waals surface area contributed by atoms with Crippen molar-refractivity contribution < 1.29 is 0 Å². The Hall–Kier alpha value is -3.04. The highest BCUT2D eigenvalue weighted by molar-refractivity contribution is 6.06. The SMILES string of the molecule is CCCCCNCCCN(CCCNCCCCN)Cc1ccc(Cn2c(CCCC)nc3c(N)nc4ccccc4c32)cc1. The number of benzene rings is 2. The summed E-state index contributed by atoms with van der Waals surface area (Å²) in [6, 6.07) is 17.5. The quantitative estimate of drug-likeness (QED) is 0.0732. The van der Waals surface area contributed by atoms with Gasteiger partial charge >= 0.3 is 0 Å². The Balaban J connectivity index is 1.43. The molecule has 45 heavy (non-hydrogen) atoms. The lowest BCUT2D eigenvalue weighted by Gasteiger charge is -2.23. The van der Waals surface area contributed by atoms with Crippen LogP contribution in [-0.2, 0) is 19.5 Å². The van der Waals surface area contributed by atoms with Gasteiger partial charge in [0.25, 0.3) is 0 Å². The van der Waals surface area contributed by atoms with Crippen molar-refractivity contribution in [1.29, 1.82) is 0 Å². The maximum atomic E-state index is 6.43. The van der Waals surface area contributed by atoms with E-state index in [4.69, 9.17) is 16.5 Å². The van der Waals surface area contributed by atoms with Crippen molar-refractivity contribution in [2.45, 2.75) is 91.1 Å². The second-order valence-corrected chi connectivity index (χ2v) is 12.4. The number of nitrogens with one attached hydrogen (secondary N) is 2. The minimum absolute atomic E-state index is 0.512. The normalized spacial score (nSPS) is 11.8. The number of aryl methyl sites for hydroxylation is 1. The van der Waals surface area contributed by atoms with Gasteiger partial charge in [-0.15, -0.1) is 0 Å². The van der Waals surface area contributed by atoms with Crippen LogP contribution >= 0.6 is 0 Å². The van der Waals surface area contributed by atoms with Gasteiger partial charge in [0.05, 0.1) is 11.0 Å². The van der Waals surface area contributed by atoms with Gasteiger partial charge in [0.2, 0.25) is 0 Å². The summed E-state index contributed by atoms with van der Waals surface area (Å²) in [5.74, 6) is 1.60. The van der Waals surface area contributed by atoms with E-state index in [-0.39, 0.29) is 0 Å². The minimum Gasteiger partial charge on any atom is -0.382 e. The number of pyridine rings is 1. The summed E-state index contributed by atoms with van der Waals surface area (Å²) in [6.45, 7) is 13.6. The second-order valence-electron chi connectivity index (χ2n) is 12.4. The van der Waals surface area contributed by atoms with Crippen molar-refractivity contribution in [1.82, 2.24) is 30.1 Å². The lowest BCUT2D eigenvalue weighted by molar-refractivity contribution is 0.256. The zero-order valence-electron chi connectivity index (χ0n) is 28.0. The monoisotopic (exact) mass is 614 g/mol. The van der Waals surface area contributed by atoms with Crippen molar-refractivity contribution in [2.24, 2.45) is 5.73 Å². The van der Waals surface area contributed by atoms with Gasteiger partial charge in [0.1, 0.15) is 11.3 Å². The Kier molecular flexibility index (Phi) is 15.1. The third-order valence-corrected chi connectivity index (χ3v) is 8.63. The average molecular weight is 615 g/mol. The third kappa shape index (κ3) is 10.8. The number of unbranched alkanes of at least 4 members (excludes halogenated alkanes) is 4. The predicted molar refractivity (Wildman–Crippen MR) is 192 cm³/mol. The van der Waals surface area contributed by atoms with Gasteiger partial charge in [-0.25, -0.2) is 9.97 Å². The molecule has 8 heteroatoms. The molecule has 2 aromatic carbocycles. The third-order valence-electron chi connectivity index (χ3n) is 8.63. The topological polar surface area (TPSA) is 110 Å². The smallest absolute Gasteiger partial charge is 0.152 e. The number of aromatic nitrogens is 3. The van der Waals surface area contributed by atoms with E-state index in [0.29, 0.717) is 5.82 Å². The number of fused-ring (bicyclic) bond motifs is 3. The van der Waals surface area contributed by atoms with Gasteiger partial charge in [-0.05, 0) is 102 Å². The Morgan fingerprint density at radius 3 is 2.07 bits per heavy atom. The molecular formula is C37H58N8. The molecular weight excluding hydrogens is 556 g/mol. The van der Waals surface area contributed by atoms with Gasteiger partial charge in [-0.3, -0.25) is 4.90 Å². The number of rotatable bonds is 23. The van der Waals surface area contributed by atoms with Crippen LogP contribution in [0.25, 0.3) is 21.9 Å². The first-order valence-electron chi connectivity index (χ1n) is 17.6. The molecule has 0 aliphatic carbocycles. The van der Waals surface area contributed by atoms with E-state index >= 15 is 0 Å². The van der Waals surface area contributed by atoms with Gasteiger partial charge in [0.15, 0.2) is 5.82 Å². The number of nitrogen functional groups attached to an aromatic ring is 1. The first-order valence-corrected chi connectivity index (χ1v) is 17.6. The van der Waals surface area contributed by atoms with Crippen LogP contribution in [-0.4, -0.2) is 65.2 Å². The summed E-state index contributed by atoms with van der Waals surface area (Å²) in [5, 5.41) is 8.34. The van der Waals surface area contributed by atoms with Crippen LogP contribution < -0.4 is 22.1 Å². The van der Waals surface area contributed by atoms with Crippen LogP contribution in [0.15, 0.2) is 48.5 Å². The molecule has 0 amide bonds. The fourth-order valence-electron chi connectivity index (χ4n) is 6.06. The minimum atomic E-state index is 0.512. The van der Waals surface area contributed by atoms with Crippen LogP contribution in [0.3, 0.4) is 0 Å². The lowest BCUT2D eigenvalue weighted by Crippen LogP contribution is -2.30. The molecule has 0 saturated carbocycles. The summed E-state index contributed by atoms with van der Waals surface area (Å²) >= 11 is 0. The molecule has 0 saturated heterocycles. The molecule has 0 aliphatic rings. The highest BCUT2D eigenvalue weighted by atomic mass is 15.1. The Bertz CT molecular complexity index is 1380. The largest absolute Gasteiger partial charge is 0.382 e. The maximum Gasteiger partial charge on any atom is 0.152 e. The Morgan fingerprint density at radius 1 is 0.733 bits per heavy atom. The van der Waals surface area contributed by atoms with E-state index in [0.717, 1.165) is 125 Å². The molecule has 0 fully saturated rings. The van der Waals surface area contributed by atoms with Crippen molar-refractivity contribution >= 4 is 27.8 Å².